The molecular weight excluding hydrogens is 444 g/mol. The smallest absolute Gasteiger partial charge is 0.231 e. The van der Waals surface area contributed by atoms with Gasteiger partial charge in [0.1, 0.15) is 0 Å². The van der Waals surface area contributed by atoms with Gasteiger partial charge < -0.3 is 14.6 Å². The molecule has 5 nitrogen and oxygen atoms in total. The normalized spacial score (nSPS) is 27.3. The molecule has 0 atom stereocenters. The standard InChI is InChI=1S/C24H29BrN2O3/c25-21-4-2-1-3-18(21)16-26-11-13-27(14-12-26)20-7-9-24(28,10-8-20)19-5-6-22-23(15-19)30-17-29-22/h1-6,15,20,28H,7-14,16-17H2. The largest absolute Gasteiger partial charge is 0.454 e. The molecule has 5 rings (SSSR count). The van der Waals surface area contributed by atoms with Gasteiger partial charge >= 0.3 is 0 Å². The van der Waals surface area contributed by atoms with Crippen LogP contribution in [0, 0.1) is 0 Å². The average Bonchev–Trinajstić information content (AvgIpc) is 3.25. The van der Waals surface area contributed by atoms with Crippen LogP contribution in [0.3, 0.4) is 0 Å². The Hall–Kier alpha value is -1.60. The number of halogens is 1. The fraction of sp³-hybridized carbons (Fsp3) is 0.500. The highest BCUT2D eigenvalue weighted by molar-refractivity contribution is 9.10. The number of ether oxygens (including phenoxy) is 2. The van der Waals surface area contributed by atoms with Crippen LogP contribution in [0.1, 0.15) is 36.8 Å². The Morgan fingerprint density at radius 1 is 0.967 bits per heavy atom. The topological polar surface area (TPSA) is 45.2 Å². The number of nitrogens with zero attached hydrogens (tertiary/aromatic N) is 2. The van der Waals surface area contributed by atoms with E-state index >= 15 is 0 Å². The van der Waals surface area contributed by atoms with Crippen molar-refractivity contribution in [2.75, 3.05) is 33.0 Å². The molecule has 0 aromatic heterocycles. The minimum atomic E-state index is -0.751. The summed E-state index contributed by atoms with van der Waals surface area (Å²) in [6.07, 6.45) is 3.67. The second-order valence-electron chi connectivity index (χ2n) is 8.73. The molecule has 2 aromatic carbocycles. The van der Waals surface area contributed by atoms with E-state index in [0.29, 0.717) is 6.04 Å². The first-order valence-electron chi connectivity index (χ1n) is 10.9. The Morgan fingerprint density at radius 3 is 2.47 bits per heavy atom. The van der Waals surface area contributed by atoms with Gasteiger partial charge in [-0.3, -0.25) is 9.80 Å². The van der Waals surface area contributed by atoms with Crippen molar-refractivity contribution in [3.05, 3.63) is 58.1 Å². The molecule has 160 valence electrons. The number of fused-ring (bicyclic) bond motifs is 1. The van der Waals surface area contributed by atoms with Crippen molar-refractivity contribution in [1.82, 2.24) is 9.80 Å². The zero-order valence-corrected chi connectivity index (χ0v) is 18.8. The minimum Gasteiger partial charge on any atom is -0.454 e. The van der Waals surface area contributed by atoms with Crippen molar-refractivity contribution < 1.29 is 14.6 Å². The molecule has 1 saturated carbocycles. The zero-order valence-electron chi connectivity index (χ0n) is 17.2. The third-order valence-electron chi connectivity index (χ3n) is 6.97. The molecule has 2 aromatic rings. The van der Waals surface area contributed by atoms with Crippen molar-refractivity contribution in [2.45, 2.75) is 43.9 Å². The van der Waals surface area contributed by atoms with Crippen LogP contribution in [-0.4, -0.2) is 53.9 Å². The van der Waals surface area contributed by atoms with Crippen molar-refractivity contribution in [3.8, 4) is 11.5 Å². The summed E-state index contributed by atoms with van der Waals surface area (Å²) in [6.45, 7) is 5.69. The van der Waals surface area contributed by atoms with E-state index in [1.807, 2.05) is 18.2 Å². The van der Waals surface area contributed by atoms with Gasteiger partial charge in [-0.15, -0.1) is 0 Å². The Morgan fingerprint density at radius 2 is 1.70 bits per heavy atom. The van der Waals surface area contributed by atoms with Gasteiger partial charge in [0.15, 0.2) is 11.5 Å². The molecule has 0 amide bonds. The summed E-state index contributed by atoms with van der Waals surface area (Å²) in [5, 5.41) is 11.3. The molecule has 0 bridgehead atoms. The SMILES string of the molecule is OC1(c2ccc3c(c2)OCO3)CCC(N2CCN(Cc3ccccc3Br)CC2)CC1. The molecule has 2 fully saturated rings. The maximum absolute atomic E-state index is 11.3. The van der Waals surface area contributed by atoms with Crippen LogP contribution in [0.4, 0.5) is 0 Å². The summed E-state index contributed by atoms with van der Waals surface area (Å²) in [5.74, 6) is 1.53. The Labute approximate surface area is 186 Å². The van der Waals surface area contributed by atoms with E-state index in [1.54, 1.807) is 0 Å². The van der Waals surface area contributed by atoms with Gasteiger partial charge in [0.05, 0.1) is 5.60 Å². The Kier molecular flexibility index (Phi) is 5.75. The molecule has 1 aliphatic carbocycles. The van der Waals surface area contributed by atoms with Crippen LogP contribution in [0.5, 0.6) is 11.5 Å². The number of hydrogen-bond donors (Lipinski definition) is 1. The van der Waals surface area contributed by atoms with Gasteiger partial charge in [0, 0.05) is 43.2 Å². The highest BCUT2D eigenvalue weighted by atomic mass is 79.9. The molecule has 2 heterocycles. The van der Waals surface area contributed by atoms with E-state index in [9.17, 15) is 5.11 Å². The van der Waals surface area contributed by atoms with Crippen LogP contribution in [-0.2, 0) is 12.1 Å². The number of hydrogen-bond acceptors (Lipinski definition) is 5. The van der Waals surface area contributed by atoms with E-state index in [1.165, 1.54) is 10.0 Å². The van der Waals surface area contributed by atoms with E-state index in [0.717, 1.165) is 75.5 Å². The van der Waals surface area contributed by atoms with Crippen LogP contribution in [0.25, 0.3) is 0 Å². The molecule has 1 N–H and O–H groups in total. The summed E-state index contributed by atoms with van der Waals surface area (Å²) in [6, 6.07) is 15.0. The highest BCUT2D eigenvalue weighted by Crippen LogP contribution is 2.42. The first-order valence-corrected chi connectivity index (χ1v) is 11.7. The van der Waals surface area contributed by atoms with Gasteiger partial charge in [-0.1, -0.05) is 40.2 Å². The number of rotatable bonds is 4. The fourth-order valence-corrected chi connectivity index (χ4v) is 5.48. The lowest BCUT2D eigenvalue weighted by Crippen LogP contribution is -2.51. The second kappa shape index (κ2) is 8.50. The summed E-state index contributed by atoms with van der Waals surface area (Å²) in [7, 11) is 0. The molecule has 2 aliphatic heterocycles. The molecule has 3 aliphatic rings. The van der Waals surface area contributed by atoms with E-state index in [4.69, 9.17) is 9.47 Å². The molecule has 0 spiro atoms. The van der Waals surface area contributed by atoms with Crippen LogP contribution < -0.4 is 9.47 Å². The number of piperazine rings is 1. The summed E-state index contributed by atoms with van der Waals surface area (Å²) in [5.41, 5.74) is 1.57. The van der Waals surface area contributed by atoms with E-state index < -0.39 is 5.60 Å². The van der Waals surface area contributed by atoms with Gasteiger partial charge in [-0.25, -0.2) is 0 Å². The third kappa shape index (κ3) is 4.11. The molecule has 0 radical (unpaired) electrons. The average molecular weight is 473 g/mol. The molecular formula is C24H29BrN2O3. The Balaban J connectivity index is 1.14. The summed E-state index contributed by atoms with van der Waals surface area (Å²) in [4.78, 5) is 5.18. The molecule has 0 unspecified atom stereocenters. The van der Waals surface area contributed by atoms with Gasteiger partial charge in [-0.2, -0.15) is 0 Å². The highest BCUT2D eigenvalue weighted by Gasteiger charge is 2.38. The maximum atomic E-state index is 11.3. The first kappa shape index (κ1) is 20.3. The van der Waals surface area contributed by atoms with Crippen molar-refractivity contribution in [3.63, 3.8) is 0 Å². The van der Waals surface area contributed by atoms with Gasteiger partial charge in [0.2, 0.25) is 6.79 Å². The quantitative estimate of drug-likeness (QED) is 0.724. The van der Waals surface area contributed by atoms with Crippen molar-refractivity contribution in [2.24, 2.45) is 0 Å². The van der Waals surface area contributed by atoms with Crippen molar-refractivity contribution in [1.29, 1.82) is 0 Å². The number of benzene rings is 2. The lowest BCUT2D eigenvalue weighted by Gasteiger charge is -2.44. The molecule has 30 heavy (non-hydrogen) atoms. The lowest BCUT2D eigenvalue weighted by atomic mass is 9.77. The summed E-state index contributed by atoms with van der Waals surface area (Å²) < 4.78 is 12.1. The van der Waals surface area contributed by atoms with Crippen LogP contribution >= 0.6 is 15.9 Å². The predicted octanol–water partition coefficient (Wildman–Crippen LogP) is 4.13. The Bertz CT molecular complexity index is 890. The van der Waals surface area contributed by atoms with E-state index in [2.05, 4.69) is 50.0 Å². The predicted molar refractivity (Wildman–Crippen MR) is 120 cm³/mol. The van der Waals surface area contributed by atoms with Gasteiger partial charge in [-0.05, 0) is 55.0 Å². The minimum absolute atomic E-state index is 0.270. The maximum Gasteiger partial charge on any atom is 0.231 e. The fourth-order valence-electron chi connectivity index (χ4n) is 5.07. The monoisotopic (exact) mass is 472 g/mol. The van der Waals surface area contributed by atoms with Gasteiger partial charge in [0.25, 0.3) is 0 Å². The van der Waals surface area contributed by atoms with Crippen molar-refractivity contribution >= 4 is 15.9 Å². The zero-order chi connectivity index (χ0) is 20.6. The first-order chi connectivity index (χ1) is 14.6. The molecule has 1 saturated heterocycles. The van der Waals surface area contributed by atoms with Crippen LogP contribution in [0.2, 0.25) is 0 Å². The van der Waals surface area contributed by atoms with E-state index in [-0.39, 0.29) is 6.79 Å². The lowest BCUT2D eigenvalue weighted by molar-refractivity contribution is -0.0321. The second-order valence-corrected chi connectivity index (χ2v) is 9.59. The third-order valence-corrected chi connectivity index (χ3v) is 7.74. The molecule has 6 heteroatoms. The summed E-state index contributed by atoms with van der Waals surface area (Å²) >= 11 is 3.67. The number of aliphatic hydroxyl groups is 1. The van der Waals surface area contributed by atoms with Crippen LogP contribution in [0.15, 0.2) is 46.9 Å².